The maximum absolute atomic E-state index is 2.40. The molecule has 1 saturated carbocycles. The standard InChI is InChI=1S/C16H23/c1-14-10-12-16(13-11-14)9-5-8-15-6-3-2-4-7-15/h9-13,15H,2-8H2,1H3. The van der Waals surface area contributed by atoms with E-state index in [1.165, 1.54) is 56.1 Å². The van der Waals surface area contributed by atoms with E-state index < -0.39 is 0 Å². The smallest absolute Gasteiger partial charge is 0.00930 e. The molecule has 1 aliphatic rings. The van der Waals surface area contributed by atoms with Crippen LogP contribution in [0.25, 0.3) is 0 Å². The second-order valence-electron chi connectivity index (χ2n) is 5.20. The van der Waals surface area contributed by atoms with Gasteiger partial charge in [0.05, 0.1) is 0 Å². The summed E-state index contributed by atoms with van der Waals surface area (Å²) in [6, 6.07) is 8.87. The monoisotopic (exact) mass is 215 g/mol. The van der Waals surface area contributed by atoms with Gasteiger partial charge in [-0.2, -0.15) is 0 Å². The number of benzene rings is 1. The molecule has 0 bridgehead atoms. The van der Waals surface area contributed by atoms with E-state index in [0.29, 0.717) is 0 Å². The molecule has 1 aliphatic carbocycles. The van der Waals surface area contributed by atoms with Gasteiger partial charge >= 0.3 is 0 Å². The summed E-state index contributed by atoms with van der Waals surface area (Å²) in [5.41, 5.74) is 2.74. The molecule has 2 rings (SSSR count). The molecule has 0 unspecified atom stereocenters. The molecule has 0 saturated heterocycles. The molecule has 0 N–H and O–H groups in total. The van der Waals surface area contributed by atoms with E-state index in [-0.39, 0.29) is 0 Å². The molecule has 0 spiro atoms. The molecule has 0 aromatic heterocycles. The van der Waals surface area contributed by atoms with Gasteiger partial charge in [-0.05, 0) is 37.7 Å². The molecular formula is C16H23. The topological polar surface area (TPSA) is 0 Å². The average molecular weight is 215 g/mol. The molecular weight excluding hydrogens is 192 g/mol. The highest BCUT2D eigenvalue weighted by molar-refractivity contribution is 5.26. The molecule has 1 radical (unpaired) electrons. The van der Waals surface area contributed by atoms with Crippen LogP contribution in [0.2, 0.25) is 0 Å². The highest BCUT2D eigenvalue weighted by atomic mass is 14.2. The molecule has 0 aliphatic heterocycles. The summed E-state index contributed by atoms with van der Waals surface area (Å²) in [6.07, 6.45) is 12.4. The predicted molar refractivity (Wildman–Crippen MR) is 70.4 cm³/mol. The van der Waals surface area contributed by atoms with E-state index in [0.717, 1.165) is 5.92 Å². The Bertz CT molecular complexity index is 290. The average Bonchev–Trinajstić information content (AvgIpc) is 2.33. The van der Waals surface area contributed by atoms with Gasteiger partial charge < -0.3 is 0 Å². The lowest BCUT2D eigenvalue weighted by Gasteiger charge is -2.21. The minimum Gasteiger partial charge on any atom is -0.0590 e. The highest BCUT2D eigenvalue weighted by Gasteiger charge is 2.12. The van der Waals surface area contributed by atoms with Gasteiger partial charge in [0.25, 0.3) is 0 Å². The van der Waals surface area contributed by atoms with Crippen LogP contribution in [0.3, 0.4) is 0 Å². The molecule has 1 aromatic rings. The van der Waals surface area contributed by atoms with Crippen molar-refractivity contribution in [1.82, 2.24) is 0 Å². The largest absolute Gasteiger partial charge is 0.0590 e. The molecule has 0 atom stereocenters. The first kappa shape index (κ1) is 11.7. The molecule has 87 valence electrons. The number of rotatable bonds is 4. The van der Waals surface area contributed by atoms with Crippen LogP contribution in [0, 0.1) is 19.3 Å². The third kappa shape index (κ3) is 3.66. The Morgan fingerprint density at radius 1 is 1.06 bits per heavy atom. The lowest BCUT2D eigenvalue weighted by molar-refractivity contribution is 0.339. The van der Waals surface area contributed by atoms with Crippen molar-refractivity contribution >= 4 is 0 Å². The van der Waals surface area contributed by atoms with Gasteiger partial charge in [0.15, 0.2) is 0 Å². The van der Waals surface area contributed by atoms with E-state index in [9.17, 15) is 0 Å². The molecule has 0 nitrogen and oxygen atoms in total. The quantitative estimate of drug-likeness (QED) is 0.669. The van der Waals surface area contributed by atoms with Gasteiger partial charge in [-0.1, -0.05) is 61.9 Å². The first-order valence-electron chi connectivity index (χ1n) is 6.74. The van der Waals surface area contributed by atoms with Crippen molar-refractivity contribution in [2.75, 3.05) is 0 Å². The Morgan fingerprint density at radius 2 is 1.75 bits per heavy atom. The molecule has 1 fully saturated rings. The van der Waals surface area contributed by atoms with Crippen molar-refractivity contribution in [2.24, 2.45) is 5.92 Å². The number of aryl methyl sites for hydroxylation is 1. The predicted octanol–water partition coefficient (Wildman–Crippen LogP) is 4.91. The zero-order chi connectivity index (χ0) is 11.2. The SMILES string of the molecule is Cc1ccc([CH]CCC2CCCCC2)cc1. The summed E-state index contributed by atoms with van der Waals surface area (Å²) < 4.78 is 0. The molecule has 0 heterocycles. The summed E-state index contributed by atoms with van der Waals surface area (Å²) in [5.74, 6) is 1.01. The van der Waals surface area contributed by atoms with Crippen LogP contribution in [0.1, 0.15) is 56.1 Å². The van der Waals surface area contributed by atoms with E-state index in [4.69, 9.17) is 0 Å². The van der Waals surface area contributed by atoms with Crippen molar-refractivity contribution in [1.29, 1.82) is 0 Å². The fraction of sp³-hybridized carbons (Fsp3) is 0.562. The second kappa shape index (κ2) is 6.08. The van der Waals surface area contributed by atoms with Crippen molar-refractivity contribution in [3.63, 3.8) is 0 Å². The van der Waals surface area contributed by atoms with Crippen molar-refractivity contribution < 1.29 is 0 Å². The van der Waals surface area contributed by atoms with E-state index in [1.807, 2.05) is 0 Å². The van der Waals surface area contributed by atoms with E-state index >= 15 is 0 Å². The fourth-order valence-corrected chi connectivity index (χ4v) is 2.66. The van der Waals surface area contributed by atoms with Crippen molar-refractivity contribution in [2.45, 2.75) is 51.9 Å². The molecule has 0 amide bonds. The Morgan fingerprint density at radius 3 is 2.44 bits per heavy atom. The molecule has 16 heavy (non-hydrogen) atoms. The lowest BCUT2D eigenvalue weighted by Crippen LogP contribution is -2.05. The van der Waals surface area contributed by atoms with Crippen molar-refractivity contribution in [3.8, 4) is 0 Å². The number of hydrogen-bond donors (Lipinski definition) is 0. The van der Waals surface area contributed by atoms with Crippen LogP contribution in [0.15, 0.2) is 24.3 Å². The Labute approximate surface area is 100 Å². The molecule has 1 aromatic carbocycles. The Balaban J connectivity index is 1.69. The van der Waals surface area contributed by atoms with Gasteiger partial charge in [0.2, 0.25) is 0 Å². The van der Waals surface area contributed by atoms with Gasteiger partial charge in [0, 0.05) is 0 Å². The van der Waals surface area contributed by atoms with Crippen molar-refractivity contribution in [3.05, 3.63) is 41.8 Å². The highest BCUT2D eigenvalue weighted by Crippen LogP contribution is 2.28. The number of hydrogen-bond acceptors (Lipinski definition) is 0. The summed E-state index contributed by atoms with van der Waals surface area (Å²) in [5, 5.41) is 0. The normalized spacial score (nSPS) is 17.6. The second-order valence-corrected chi connectivity index (χ2v) is 5.20. The summed E-state index contributed by atoms with van der Waals surface area (Å²) in [6.45, 7) is 2.14. The van der Waals surface area contributed by atoms with E-state index in [2.05, 4.69) is 37.6 Å². The van der Waals surface area contributed by atoms with Gasteiger partial charge in [0.1, 0.15) is 0 Å². The maximum Gasteiger partial charge on any atom is -0.00930 e. The zero-order valence-corrected chi connectivity index (χ0v) is 10.4. The third-order valence-corrected chi connectivity index (χ3v) is 3.76. The van der Waals surface area contributed by atoms with Crippen LogP contribution < -0.4 is 0 Å². The fourth-order valence-electron chi connectivity index (χ4n) is 2.66. The van der Waals surface area contributed by atoms with Gasteiger partial charge in [-0.15, -0.1) is 0 Å². The summed E-state index contributed by atoms with van der Waals surface area (Å²) in [7, 11) is 0. The minimum absolute atomic E-state index is 1.01. The summed E-state index contributed by atoms with van der Waals surface area (Å²) in [4.78, 5) is 0. The third-order valence-electron chi connectivity index (χ3n) is 3.76. The van der Waals surface area contributed by atoms with E-state index in [1.54, 1.807) is 0 Å². The van der Waals surface area contributed by atoms with Crippen LogP contribution in [0.4, 0.5) is 0 Å². The van der Waals surface area contributed by atoms with Gasteiger partial charge in [-0.25, -0.2) is 0 Å². The molecule has 0 heteroatoms. The Hall–Kier alpha value is -0.780. The lowest BCUT2D eigenvalue weighted by atomic mass is 9.85. The van der Waals surface area contributed by atoms with Crippen LogP contribution >= 0.6 is 0 Å². The first-order valence-corrected chi connectivity index (χ1v) is 6.74. The Kier molecular flexibility index (Phi) is 4.44. The first-order chi connectivity index (χ1) is 7.84. The minimum atomic E-state index is 1.01. The van der Waals surface area contributed by atoms with Crippen LogP contribution in [0.5, 0.6) is 0 Å². The van der Waals surface area contributed by atoms with Crippen LogP contribution in [-0.4, -0.2) is 0 Å². The van der Waals surface area contributed by atoms with Gasteiger partial charge in [-0.3, -0.25) is 0 Å². The summed E-state index contributed by atoms with van der Waals surface area (Å²) >= 11 is 0. The maximum atomic E-state index is 2.40. The van der Waals surface area contributed by atoms with Crippen LogP contribution in [-0.2, 0) is 0 Å². The zero-order valence-electron chi connectivity index (χ0n) is 10.4.